The molecule has 0 amide bonds. The number of carboxylic acid groups (broad SMARTS) is 1. The van der Waals surface area contributed by atoms with E-state index in [4.69, 9.17) is 5.11 Å². The molecular weight excluding hydrogens is 389 g/mol. The molecule has 0 radical (unpaired) electrons. The maximum atomic E-state index is 13.7. The maximum Gasteiger partial charge on any atom is 0.303 e. The number of hydrogen-bond donors (Lipinski definition) is 2. The summed E-state index contributed by atoms with van der Waals surface area (Å²) in [5, 5.41) is 22.1. The van der Waals surface area contributed by atoms with Crippen LogP contribution in [0, 0.1) is 22.6 Å². The summed E-state index contributed by atoms with van der Waals surface area (Å²) in [5.41, 5.74) is 0.561. The molecule has 0 spiro atoms. The lowest BCUT2D eigenvalue weighted by atomic mass is 9.85. The zero-order valence-electron chi connectivity index (χ0n) is 17.1. The Hall–Kier alpha value is -2.41. The van der Waals surface area contributed by atoms with Crippen LogP contribution in [-0.2, 0) is 16.0 Å². The third kappa shape index (κ3) is 7.44. The van der Waals surface area contributed by atoms with Crippen LogP contribution in [0.2, 0.25) is 0 Å². The van der Waals surface area contributed by atoms with Gasteiger partial charge in [0, 0.05) is 18.8 Å². The number of halogens is 1. The first-order valence-corrected chi connectivity index (χ1v) is 10.6. The van der Waals surface area contributed by atoms with E-state index in [9.17, 15) is 24.0 Å². The fourth-order valence-electron chi connectivity index (χ4n) is 4.12. The lowest BCUT2D eigenvalue weighted by Crippen LogP contribution is -2.21. The zero-order valence-corrected chi connectivity index (χ0v) is 17.1. The number of unbranched alkanes of at least 4 members (excludes halogenated alkanes) is 1. The number of hydrogen-bond acceptors (Lipinski definition) is 5. The van der Waals surface area contributed by atoms with Gasteiger partial charge in [-0.15, -0.1) is 0 Å². The van der Waals surface area contributed by atoms with Crippen molar-refractivity contribution in [3.63, 3.8) is 0 Å². The molecule has 1 saturated carbocycles. The molecule has 0 aromatic heterocycles. The number of aliphatic carboxylic acids is 1. The van der Waals surface area contributed by atoms with Gasteiger partial charge in [-0.05, 0) is 62.5 Å². The van der Waals surface area contributed by atoms with Crippen LogP contribution in [0.5, 0.6) is 0 Å². The Morgan fingerprint density at radius 2 is 2.03 bits per heavy atom. The van der Waals surface area contributed by atoms with Gasteiger partial charge in [0.1, 0.15) is 17.6 Å². The average molecular weight is 419 g/mol. The SMILES string of the molecule is O=NC1CC(=O)[C@H](CC=CCCCC(=O)O)[C@H]1CC[C@@H](O)CCc1ccccc1F. The van der Waals surface area contributed by atoms with E-state index < -0.39 is 18.1 Å². The number of carbonyl (C=O) groups is 2. The Labute approximate surface area is 176 Å². The monoisotopic (exact) mass is 419 g/mol. The fraction of sp³-hybridized carbons (Fsp3) is 0.565. The number of carboxylic acids is 1. The number of nitrogens with zero attached hydrogens (tertiary/aromatic N) is 1. The Balaban J connectivity index is 1.83. The van der Waals surface area contributed by atoms with E-state index >= 15 is 0 Å². The fourth-order valence-corrected chi connectivity index (χ4v) is 4.12. The lowest BCUT2D eigenvalue weighted by molar-refractivity contribution is -0.137. The largest absolute Gasteiger partial charge is 0.481 e. The van der Waals surface area contributed by atoms with Crippen molar-refractivity contribution in [2.45, 2.75) is 69.9 Å². The molecule has 1 fully saturated rings. The summed E-state index contributed by atoms with van der Waals surface area (Å²) in [6, 6.07) is 5.91. The van der Waals surface area contributed by atoms with Gasteiger partial charge < -0.3 is 10.2 Å². The summed E-state index contributed by atoms with van der Waals surface area (Å²) in [6.07, 6.45) is 6.79. The van der Waals surface area contributed by atoms with Gasteiger partial charge >= 0.3 is 5.97 Å². The number of Topliss-reactive ketones (excluding diaryl/α,β-unsaturated/α-hetero) is 1. The molecule has 30 heavy (non-hydrogen) atoms. The molecule has 1 aliphatic rings. The van der Waals surface area contributed by atoms with E-state index in [-0.39, 0.29) is 36.3 Å². The van der Waals surface area contributed by atoms with E-state index in [1.54, 1.807) is 18.2 Å². The van der Waals surface area contributed by atoms with Crippen molar-refractivity contribution in [1.82, 2.24) is 0 Å². The minimum absolute atomic E-state index is 0.0145. The number of nitroso groups, excluding NO2 is 1. The van der Waals surface area contributed by atoms with Gasteiger partial charge in [0.15, 0.2) is 0 Å². The number of carbonyl (C=O) groups excluding carboxylic acids is 1. The number of aryl methyl sites for hydroxylation is 1. The molecule has 4 atom stereocenters. The number of aliphatic hydroxyl groups is 1. The van der Waals surface area contributed by atoms with Crippen LogP contribution in [0.3, 0.4) is 0 Å². The molecule has 6 nitrogen and oxygen atoms in total. The van der Waals surface area contributed by atoms with E-state index in [0.717, 1.165) is 0 Å². The molecule has 0 heterocycles. The second kappa shape index (κ2) is 12.3. The summed E-state index contributed by atoms with van der Waals surface area (Å²) in [5.74, 6) is -1.61. The van der Waals surface area contributed by atoms with Crippen LogP contribution < -0.4 is 0 Å². The van der Waals surface area contributed by atoms with Crippen molar-refractivity contribution < 1.29 is 24.2 Å². The molecule has 7 heteroatoms. The Morgan fingerprint density at radius 1 is 1.27 bits per heavy atom. The average Bonchev–Trinajstić information content (AvgIpc) is 3.02. The van der Waals surface area contributed by atoms with Crippen LogP contribution in [-0.4, -0.2) is 34.1 Å². The summed E-state index contributed by atoms with van der Waals surface area (Å²) in [4.78, 5) is 34.1. The van der Waals surface area contributed by atoms with Gasteiger partial charge in [0.2, 0.25) is 0 Å². The second-order valence-electron chi connectivity index (χ2n) is 7.97. The molecule has 1 aromatic rings. The van der Waals surface area contributed by atoms with Crippen molar-refractivity contribution >= 4 is 11.8 Å². The molecule has 1 aromatic carbocycles. The number of ketones is 1. The van der Waals surface area contributed by atoms with E-state index in [1.165, 1.54) is 6.07 Å². The first-order chi connectivity index (χ1) is 14.4. The lowest BCUT2D eigenvalue weighted by Gasteiger charge is -2.21. The van der Waals surface area contributed by atoms with E-state index in [2.05, 4.69) is 5.18 Å². The van der Waals surface area contributed by atoms with Gasteiger partial charge in [-0.25, -0.2) is 4.39 Å². The van der Waals surface area contributed by atoms with Crippen LogP contribution in [0.1, 0.15) is 56.9 Å². The molecule has 1 unspecified atom stereocenters. The normalized spacial score (nSPS) is 22.5. The maximum absolute atomic E-state index is 13.7. The third-order valence-electron chi connectivity index (χ3n) is 5.83. The van der Waals surface area contributed by atoms with Crippen LogP contribution in [0.4, 0.5) is 4.39 Å². The molecule has 1 aliphatic carbocycles. The van der Waals surface area contributed by atoms with Crippen molar-refractivity contribution in [2.75, 3.05) is 0 Å². The van der Waals surface area contributed by atoms with E-state index in [0.29, 0.717) is 50.5 Å². The Kier molecular flexibility index (Phi) is 9.80. The minimum Gasteiger partial charge on any atom is -0.481 e. The summed E-state index contributed by atoms with van der Waals surface area (Å²) in [6.45, 7) is 0. The summed E-state index contributed by atoms with van der Waals surface area (Å²) >= 11 is 0. The smallest absolute Gasteiger partial charge is 0.303 e. The number of aliphatic hydroxyl groups excluding tert-OH is 1. The molecule has 0 saturated heterocycles. The van der Waals surface area contributed by atoms with Crippen LogP contribution in [0.25, 0.3) is 0 Å². The highest BCUT2D eigenvalue weighted by Crippen LogP contribution is 2.37. The Morgan fingerprint density at radius 3 is 2.73 bits per heavy atom. The predicted octanol–water partition coefficient (Wildman–Crippen LogP) is 4.44. The summed E-state index contributed by atoms with van der Waals surface area (Å²) in [7, 11) is 0. The highest BCUT2D eigenvalue weighted by molar-refractivity contribution is 5.84. The number of rotatable bonds is 13. The van der Waals surface area contributed by atoms with Crippen molar-refractivity contribution in [3.05, 3.63) is 52.7 Å². The van der Waals surface area contributed by atoms with Crippen LogP contribution in [0.15, 0.2) is 41.6 Å². The third-order valence-corrected chi connectivity index (χ3v) is 5.83. The highest BCUT2D eigenvalue weighted by Gasteiger charge is 2.42. The van der Waals surface area contributed by atoms with Gasteiger partial charge in [0.25, 0.3) is 0 Å². The van der Waals surface area contributed by atoms with Crippen molar-refractivity contribution in [1.29, 1.82) is 0 Å². The van der Waals surface area contributed by atoms with Crippen molar-refractivity contribution in [2.24, 2.45) is 17.0 Å². The molecule has 0 aliphatic heterocycles. The second-order valence-corrected chi connectivity index (χ2v) is 7.97. The first-order valence-electron chi connectivity index (χ1n) is 10.6. The van der Waals surface area contributed by atoms with Crippen molar-refractivity contribution in [3.8, 4) is 0 Å². The van der Waals surface area contributed by atoms with E-state index in [1.807, 2.05) is 12.2 Å². The predicted molar refractivity (Wildman–Crippen MR) is 111 cm³/mol. The topological polar surface area (TPSA) is 104 Å². The highest BCUT2D eigenvalue weighted by atomic mass is 19.1. The van der Waals surface area contributed by atoms with Gasteiger partial charge in [0.05, 0.1) is 6.10 Å². The van der Waals surface area contributed by atoms with Crippen LogP contribution >= 0.6 is 0 Å². The molecule has 2 N–H and O–H groups in total. The first kappa shape index (κ1) is 23.9. The summed E-state index contributed by atoms with van der Waals surface area (Å²) < 4.78 is 13.7. The number of benzene rings is 1. The Bertz CT molecular complexity index is 751. The zero-order chi connectivity index (χ0) is 21.9. The molecule has 0 bridgehead atoms. The van der Waals surface area contributed by atoms with Gasteiger partial charge in [-0.1, -0.05) is 35.5 Å². The number of allylic oxidation sites excluding steroid dienone is 2. The molecular formula is C23H30FNO5. The standard InChI is InChI=1S/C23H30FNO5/c24-20-9-6-5-7-16(20)11-12-17(26)13-14-18-19(22(27)15-21(18)25-30)8-3-1-2-4-10-23(28)29/h1,3,5-7,9,17-19,21,26H,2,4,8,10-15H2,(H,28,29)/t17-,18+,19+,21?/m0/s1. The molecule has 164 valence electrons. The van der Waals surface area contributed by atoms with Gasteiger partial charge in [-0.3, -0.25) is 9.59 Å². The van der Waals surface area contributed by atoms with Gasteiger partial charge in [-0.2, -0.15) is 4.91 Å². The quantitative estimate of drug-likeness (QED) is 0.279. The molecule has 2 rings (SSSR count). The minimum atomic E-state index is -0.831.